The number of aromatic nitrogens is 1. The van der Waals surface area contributed by atoms with Crippen LogP contribution in [-0.4, -0.2) is 10.1 Å². The number of benzene rings is 1. The highest BCUT2D eigenvalue weighted by Gasteiger charge is 2.18. The van der Waals surface area contributed by atoms with E-state index in [4.69, 9.17) is 0 Å². The predicted molar refractivity (Wildman–Crippen MR) is 82.8 cm³/mol. The van der Waals surface area contributed by atoms with Gasteiger partial charge < -0.3 is 5.11 Å². The highest BCUT2D eigenvalue weighted by atomic mass is 16.3. The molecule has 0 aliphatic heterocycles. The molecule has 0 saturated carbocycles. The lowest BCUT2D eigenvalue weighted by Crippen LogP contribution is -2.05. The SMILES string of the molecule is C/C=C\C(=C/C)C(c1ccc(O)cc1)c1ccccn1. The average molecular weight is 265 g/mol. The monoisotopic (exact) mass is 265 g/mol. The van der Waals surface area contributed by atoms with Crippen molar-refractivity contribution in [3.05, 3.63) is 83.7 Å². The summed E-state index contributed by atoms with van der Waals surface area (Å²) in [6, 6.07) is 13.3. The molecule has 0 fully saturated rings. The molecule has 0 bridgehead atoms. The fourth-order valence-electron chi connectivity index (χ4n) is 2.30. The van der Waals surface area contributed by atoms with E-state index in [0.29, 0.717) is 0 Å². The summed E-state index contributed by atoms with van der Waals surface area (Å²) in [7, 11) is 0. The molecule has 1 aromatic heterocycles. The topological polar surface area (TPSA) is 33.1 Å². The first-order chi connectivity index (χ1) is 9.76. The second kappa shape index (κ2) is 6.71. The molecule has 2 rings (SSSR count). The average Bonchev–Trinajstić information content (AvgIpc) is 2.49. The molecule has 2 nitrogen and oxygen atoms in total. The van der Waals surface area contributed by atoms with Crippen LogP contribution in [0.3, 0.4) is 0 Å². The number of hydrogen-bond acceptors (Lipinski definition) is 2. The van der Waals surface area contributed by atoms with Gasteiger partial charge in [0.05, 0.1) is 11.6 Å². The first kappa shape index (κ1) is 14.1. The largest absolute Gasteiger partial charge is 0.508 e. The predicted octanol–water partition coefficient (Wildman–Crippen LogP) is 4.44. The van der Waals surface area contributed by atoms with Crippen molar-refractivity contribution in [3.63, 3.8) is 0 Å². The van der Waals surface area contributed by atoms with Crippen LogP contribution >= 0.6 is 0 Å². The van der Waals surface area contributed by atoms with E-state index in [2.05, 4.69) is 17.1 Å². The van der Waals surface area contributed by atoms with Crippen molar-refractivity contribution in [1.29, 1.82) is 0 Å². The fraction of sp³-hybridized carbons (Fsp3) is 0.167. The van der Waals surface area contributed by atoms with Crippen LogP contribution in [0.15, 0.2) is 72.5 Å². The van der Waals surface area contributed by atoms with Crippen LogP contribution in [0.2, 0.25) is 0 Å². The Bertz CT molecular complexity index is 597. The van der Waals surface area contributed by atoms with Gasteiger partial charge in [-0.1, -0.05) is 36.4 Å². The van der Waals surface area contributed by atoms with Crippen LogP contribution in [-0.2, 0) is 0 Å². The second-order valence-corrected chi connectivity index (χ2v) is 4.57. The van der Waals surface area contributed by atoms with E-state index < -0.39 is 0 Å². The maximum absolute atomic E-state index is 9.46. The summed E-state index contributed by atoms with van der Waals surface area (Å²) in [4.78, 5) is 4.49. The van der Waals surface area contributed by atoms with Crippen molar-refractivity contribution in [1.82, 2.24) is 4.98 Å². The van der Waals surface area contributed by atoms with Crippen LogP contribution in [0.4, 0.5) is 0 Å². The minimum Gasteiger partial charge on any atom is -0.508 e. The number of allylic oxidation sites excluding steroid dienone is 4. The molecule has 20 heavy (non-hydrogen) atoms. The Balaban J connectivity index is 2.52. The van der Waals surface area contributed by atoms with Gasteiger partial charge >= 0.3 is 0 Å². The van der Waals surface area contributed by atoms with Gasteiger partial charge in [0, 0.05) is 6.20 Å². The minimum absolute atomic E-state index is 0.0815. The quantitative estimate of drug-likeness (QED) is 0.829. The van der Waals surface area contributed by atoms with E-state index in [9.17, 15) is 5.11 Å². The van der Waals surface area contributed by atoms with Crippen LogP contribution in [0, 0.1) is 0 Å². The first-order valence-corrected chi connectivity index (χ1v) is 6.75. The van der Waals surface area contributed by atoms with E-state index in [-0.39, 0.29) is 11.7 Å². The molecule has 0 saturated heterocycles. The summed E-state index contributed by atoms with van der Waals surface area (Å²) in [6.45, 7) is 4.04. The number of nitrogens with zero attached hydrogens (tertiary/aromatic N) is 1. The number of aromatic hydroxyl groups is 1. The highest BCUT2D eigenvalue weighted by Crippen LogP contribution is 2.32. The maximum Gasteiger partial charge on any atom is 0.115 e. The van der Waals surface area contributed by atoms with Gasteiger partial charge in [0.1, 0.15) is 5.75 Å². The molecular formula is C18H19NO. The third-order valence-electron chi connectivity index (χ3n) is 3.24. The summed E-state index contributed by atoms with van der Waals surface area (Å²) in [5, 5.41) is 9.46. The van der Waals surface area contributed by atoms with Crippen molar-refractivity contribution in [2.45, 2.75) is 19.8 Å². The molecule has 0 aliphatic carbocycles. The number of rotatable bonds is 4. The van der Waals surface area contributed by atoms with Crippen molar-refractivity contribution in [2.24, 2.45) is 0 Å². The Kier molecular flexibility index (Phi) is 4.72. The molecule has 1 heterocycles. The maximum atomic E-state index is 9.46. The van der Waals surface area contributed by atoms with E-state index in [1.54, 1.807) is 12.1 Å². The van der Waals surface area contributed by atoms with Gasteiger partial charge in [-0.05, 0) is 49.2 Å². The van der Waals surface area contributed by atoms with E-state index in [1.165, 1.54) is 5.57 Å². The zero-order valence-electron chi connectivity index (χ0n) is 11.8. The van der Waals surface area contributed by atoms with Gasteiger partial charge in [-0.15, -0.1) is 0 Å². The van der Waals surface area contributed by atoms with Crippen molar-refractivity contribution < 1.29 is 5.11 Å². The third kappa shape index (κ3) is 3.15. The zero-order valence-corrected chi connectivity index (χ0v) is 11.8. The van der Waals surface area contributed by atoms with Gasteiger partial charge in [0.2, 0.25) is 0 Å². The number of pyridine rings is 1. The highest BCUT2D eigenvalue weighted by molar-refractivity contribution is 5.43. The zero-order chi connectivity index (χ0) is 14.4. The Morgan fingerprint density at radius 3 is 2.40 bits per heavy atom. The smallest absolute Gasteiger partial charge is 0.115 e. The van der Waals surface area contributed by atoms with E-state index >= 15 is 0 Å². The van der Waals surface area contributed by atoms with Crippen molar-refractivity contribution in [2.75, 3.05) is 0 Å². The molecule has 1 unspecified atom stereocenters. The Hall–Kier alpha value is -2.35. The standard InChI is InChI=1S/C18H19NO/c1-3-7-14(4-2)18(17-8-5-6-13-19-17)15-9-11-16(20)12-10-15/h3-13,18,20H,1-2H3/b7-3-,14-4+. The normalized spacial score (nSPS) is 13.6. The Morgan fingerprint density at radius 2 is 1.85 bits per heavy atom. The lowest BCUT2D eigenvalue weighted by Gasteiger charge is -2.18. The lowest BCUT2D eigenvalue weighted by molar-refractivity contribution is 0.475. The van der Waals surface area contributed by atoms with E-state index in [0.717, 1.165) is 11.3 Å². The number of phenols is 1. The van der Waals surface area contributed by atoms with Crippen molar-refractivity contribution in [3.8, 4) is 5.75 Å². The summed E-state index contributed by atoms with van der Waals surface area (Å²) in [5.74, 6) is 0.361. The number of phenolic OH excluding ortho intramolecular Hbond substituents is 1. The van der Waals surface area contributed by atoms with Crippen LogP contribution < -0.4 is 0 Å². The van der Waals surface area contributed by atoms with Crippen molar-refractivity contribution >= 4 is 0 Å². The van der Waals surface area contributed by atoms with Gasteiger partial charge in [0.15, 0.2) is 0 Å². The Labute approximate surface area is 120 Å². The summed E-state index contributed by atoms with van der Waals surface area (Å²) in [5.41, 5.74) is 3.31. The van der Waals surface area contributed by atoms with Crippen LogP contribution in [0.25, 0.3) is 0 Å². The van der Waals surface area contributed by atoms with Gasteiger partial charge in [-0.3, -0.25) is 4.98 Å². The molecule has 1 atom stereocenters. The summed E-state index contributed by atoms with van der Waals surface area (Å²) < 4.78 is 0. The van der Waals surface area contributed by atoms with Crippen LogP contribution in [0.1, 0.15) is 31.0 Å². The summed E-state index contributed by atoms with van der Waals surface area (Å²) >= 11 is 0. The van der Waals surface area contributed by atoms with Gasteiger partial charge in [0.25, 0.3) is 0 Å². The molecule has 0 spiro atoms. The second-order valence-electron chi connectivity index (χ2n) is 4.57. The molecule has 2 heteroatoms. The minimum atomic E-state index is 0.0815. The first-order valence-electron chi connectivity index (χ1n) is 6.75. The van der Waals surface area contributed by atoms with Gasteiger partial charge in [-0.25, -0.2) is 0 Å². The molecule has 1 N–H and O–H groups in total. The molecule has 1 aromatic carbocycles. The Morgan fingerprint density at radius 1 is 1.10 bits per heavy atom. The van der Waals surface area contributed by atoms with E-state index in [1.807, 2.05) is 56.5 Å². The third-order valence-corrected chi connectivity index (χ3v) is 3.24. The molecule has 102 valence electrons. The fourth-order valence-corrected chi connectivity index (χ4v) is 2.30. The van der Waals surface area contributed by atoms with Gasteiger partial charge in [-0.2, -0.15) is 0 Å². The molecule has 2 aromatic rings. The molecule has 0 aliphatic rings. The molecular weight excluding hydrogens is 246 g/mol. The molecule has 0 radical (unpaired) electrons. The number of hydrogen-bond donors (Lipinski definition) is 1. The molecule has 0 amide bonds. The van der Waals surface area contributed by atoms with Crippen LogP contribution in [0.5, 0.6) is 5.75 Å². The summed E-state index contributed by atoms with van der Waals surface area (Å²) in [6.07, 6.45) is 8.05. The lowest BCUT2D eigenvalue weighted by atomic mass is 9.87.